The lowest BCUT2D eigenvalue weighted by Crippen LogP contribution is -2.43. The van der Waals surface area contributed by atoms with Crippen LogP contribution in [0.25, 0.3) is 10.8 Å². The molecular weight excluding hydrogens is 404 g/mol. The molecule has 3 aromatic carbocycles. The number of piperidine rings is 1. The number of fused-ring (bicyclic) bond motifs is 2. The van der Waals surface area contributed by atoms with Crippen molar-refractivity contribution in [3.05, 3.63) is 71.8 Å². The fourth-order valence-corrected chi connectivity index (χ4v) is 4.46. The first-order valence-electron chi connectivity index (χ1n) is 11.1. The molecule has 1 fully saturated rings. The van der Waals surface area contributed by atoms with E-state index in [1.807, 2.05) is 65.6 Å². The summed E-state index contributed by atoms with van der Waals surface area (Å²) in [7, 11) is 0. The third kappa shape index (κ3) is 4.13. The standard InChI is InChI=1S/C26H26N2O4/c29-25(27-17-18-8-9-23-24(16-18)32-15-14-31-23)20-10-12-28(13-11-20)26(30)22-7-3-5-19-4-1-2-6-21(19)22/h1-9,16,20H,10-15,17H2,(H,27,29). The van der Waals surface area contributed by atoms with Crippen molar-refractivity contribution < 1.29 is 19.1 Å². The van der Waals surface area contributed by atoms with Gasteiger partial charge in [0.05, 0.1) is 0 Å². The Balaban J connectivity index is 1.16. The lowest BCUT2D eigenvalue weighted by atomic mass is 9.94. The van der Waals surface area contributed by atoms with Crippen LogP contribution in [0.4, 0.5) is 0 Å². The van der Waals surface area contributed by atoms with Gasteiger partial charge in [-0.05, 0) is 47.4 Å². The van der Waals surface area contributed by atoms with Crippen LogP contribution >= 0.6 is 0 Å². The summed E-state index contributed by atoms with van der Waals surface area (Å²) in [6.07, 6.45) is 1.34. The van der Waals surface area contributed by atoms with Gasteiger partial charge in [-0.15, -0.1) is 0 Å². The number of carbonyl (C=O) groups is 2. The predicted octanol–water partition coefficient (Wildman–Crippen LogP) is 3.78. The van der Waals surface area contributed by atoms with Crippen LogP contribution in [0.3, 0.4) is 0 Å². The van der Waals surface area contributed by atoms with E-state index in [0.29, 0.717) is 45.7 Å². The quantitative estimate of drug-likeness (QED) is 0.684. The molecule has 0 aliphatic carbocycles. The van der Waals surface area contributed by atoms with E-state index in [4.69, 9.17) is 9.47 Å². The Hall–Kier alpha value is -3.54. The maximum absolute atomic E-state index is 13.1. The molecule has 5 rings (SSSR count). The van der Waals surface area contributed by atoms with Gasteiger partial charge in [-0.25, -0.2) is 0 Å². The first-order chi connectivity index (χ1) is 15.7. The molecule has 1 saturated heterocycles. The number of amides is 2. The molecule has 2 heterocycles. The average molecular weight is 431 g/mol. The van der Waals surface area contributed by atoms with Gasteiger partial charge in [-0.1, -0.05) is 42.5 Å². The van der Waals surface area contributed by atoms with E-state index in [1.54, 1.807) is 0 Å². The van der Waals surface area contributed by atoms with Gasteiger partial charge in [-0.3, -0.25) is 9.59 Å². The van der Waals surface area contributed by atoms with E-state index < -0.39 is 0 Å². The molecule has 0 unspecified atom stereocenters. The zero-order valence-electron chi connectivity index (χ0n) is 17.9. The summed E-state index contributed by atoms with van der Waals surface area (Å²) >= 11 is 0. The fourth-order valence-electron chi connectivity index (χ4n) is 4.46. The number of benzene rings is 3. The highest BCUT2D eigenvalue weighted by Crippen LogP contribution is 2.31. The van der Waals surface area contributed by atoms with Gasteiger partial charge in [0.1, 0.15) is 13.2 Å². The highest BCUT2D eigenvalue weighted by Gasteiger charge is 2.28. The number of likely N-dealkylation sites (tertiary alicyclic amines) is 1. The van der Waals surface area contributed by atoms with Crippen molar-refractivity contribution in [1.82, 2.24) is 10.2 Å². The Bertz CT molecular complexity index is 1150. The zero-order chi connectivity index (χ0) is 21.9. The minimum absolute atomic E-state index is 0.0388. The highest BCUT2D eigenvalue weighted by atomic mass is 16.6. The van der Waals surface area contributed by atoms with Crippen LogP contribution in [0.5, 0.6) is 11.5 Å². The molecule has 0 radical (unpaired) electrons. The van der Waals surface area contributed by atoms with Crippen molar-refractivity contribution in [1.29, 1.82) is 0 Å². The Kier molecular flexibility index (Phi) is 5.67. The Morgan fingerprint density at radius 1 is 0.906 bits per heavy atom. The number of rotatable bonds is 4. The van der Waals surface area contributed by atoms with Crippen molar-refractivity contribution in [2.75, 3.05) is 26.3 Å². The van der Waals surface area contributed by atoms with E-state index in [1.165, 1.54) is 0 Å². The summed E-state index contributed by atoms with van der Waals surface area (Å²) in [5.74, 6) is 1.47. The molecule has 6 heteroatoms. The molecule has 32 heavy (non-hydrogen) atoms. The second kappa shape index (κ2) is 8.91. The lowest BCUT2D eigenvalue weighted by Gasteiger charge is -2.31. The second-order valence-electron chi connectivity index (χ2n) is 8.29. The van der Waals surface area contributed by atoms with Gasteiger partial charge < -0.3 is 19.7 Å². The lowest BCUT2D eigenvalue weighted by molar-refractivity contribution is -0.126. The molecule has 3 aromatic rings. The average Bonchev–Trinajstić information content (AvgIpc) is 2.86. The Morgan fingerprint density at radius 3 is 2.50 bits per heavy atom. The van der Waals surface area contributed by atoms with Gasteiger partial charge in [0.2, 0.25) is 5.91 Å². The van der Waals surface area contributed by atoms with Crippen LogP contribution in [0.1, 0.15) is 28.8 Å². The molecule has 0 atom stereocenters. The number of nitrogens with one attached hydrogen (secondary N) is 1. The third-order valence-electron chi connectivity index (χ3n) is 6.25. The molecule has 2 aliphatic rings. The Labute approximate surface area is 187 Å². The van der Waals surface area contributed by atoms with E-state index in [2.05, 4.69) is 5.32 Å². The van der Waals surface area contributed by atoms with Crippen LogP contribution in [0.15, 0.2) is 60.7 Å². The summed E-state index contributed by atoms with van der Waals surface area (Å²) in [5.41, 5.74) is 1.70. The van der Waals surface area contributed by atoms with Crippen molar-refractivity contribution in [3.8, 4) is 11.5 Å². The Morgan fingerprint density at radius 2 is 1.66 bits per heavy atom. The van der Waals surface area contributed by atoms with Crippen molar-refractivity contribution >= 4 is 22.6 Å². The van der Waals surface area contributed by atoms with E-state index >= 15 is 0 Å². The maximum atomic E-state index is 13.1. The smallest absolute Gasteiger partial charge is 0.254 e. The second-order valence-corrected chi connectivity index (χ2v) is 8.29. The number of hydrogen-bond donors (Lipinski definition) is 1. The highest BCUT2D eigenvalue weighted by molar-refractivity contribution is 6.07. The molecule has 6 nitrogen and oxygen atoms in total. The van der Waals surface area contributed by atoms with Crippen molar-refractivity contribution in [3.63, 3.8) is 0 Å². The van der Waals surface area contributed by atoms with E-state index in [9.17, 15) is 9.59 Å². The van der Waals surface area contributed by atoms with E-state index in [0.717, 1.165) is 33.4 Å². The molecule has 2 aliphatic heterocycles. The fraction of sp³-hybridized carbons (Fsp3) is 0.308. The molecule has 164 valence electrons. The van der Waals surface area contributed by atoms with Crippen molar-refractivity contribution in [2.24, 2.45) is 5.92 Å². The van der Waals surface area contributed by atoms with Crippen LogP contribution in [0.2, 0.25) is 0 Å². The van der Waals surface area contributed by atoms with Crippen molar-refractivity contribution in [2.45, 2.75) is 19.4 Å². The number of nitrogens with zero attached hydrogens (tertiary/aromatic N) is 1. The van der Waals surface area contributed by atoms with Crippen LogP contribution < -0.4 is 14.8 Å². The largest absolute Gasteiger partial charge is 0.486 e. The first-order valence-corrected chi connectivity index (χ1v) is 11.1. The van der Waals surface area contributed by atoms with Gasteiger partial charge in [0.15, 0.2) is 11.5 Å². The predicted molar refractivity (Wildman–Crippen MR) is 122 cm³/mol. The molecule has 0 saturated carbocycles. The summed E-state index contributed by atoms with van der Waals surface area (Å²) in [5, 5.41) is 5.07. The van der Waals surface area contributed by atoms with Crippen LogP contribution in [-0.2, 0) is 11.3 Å². The summed E-state index contributed by atoms with van der Waals surface area (Å²) in [6.45, 7) is 2.72. The van der Waals surface area contributed by atoms with E-state index in [-0.39, 0.29) is 17.7 Å². The van der Waals surface area contributed by atoms with Gasteiger partial charge >= 0.3 is 0 Å². The van der Waals surface area contributed by atoms with Crippen LogP contribution in [-0.4, -0.2) is 43.0 Å². The third-order valence-corrected chi connectivity index (χ3v) is 6.25. The molecule has 0 spiro atoms. The monoisotopic (exact) mass is 430 g/mol. The summed E-state index contributed by atoms with van der Waals surface area (Å²) < 4.78 is 11.1. The molecule has 0 aromatic heterocycles. The van der Waals surface area contributed by atoms with Gasteiger partial charge in [-0.2, -0.15) is 0 Å². The molecular formula is C26H26N2O4. The summed E-state index contributed by atoms with van der Waals surface area (Å²) in [6, 6.07) is 19.5. The normalized spacial score (nSPS) is 16.1. The van der Waals surface area contributed by atoms with Gasteiger partial charge in [0.25, 0.3) is 5.91 Å². The maximum Gasteiger partial charge on any atom is 0.254 e. The molecule has 0 bridgehead atoms. The minimum atomic E-state index is -0.0798. The van der Waals surface area contributed by atoms with Crippen LogP contribution in [0, 0.1) is 5.92 Å². The topological polar surface area (TPSA) is 67.9 Å². The molecule has 1 N–H and O–H groups in total. The first kappa shape index (κ1) is 20.4. The number of ether oxygens (including phenoxy) is 2. The molecule has 2 amide bonds. The number of carbonyl (C=O) groups excluding carboxylic acids is 2. The number of hydrogen-bond acceptors (Lipinski definition) is 4. The zero-order valence-corrected chi connectivity index (χ0v) is 17.9. The van der Waals surface area contributed by atoms with Gasteiger partial charge in [0, 0.05) is 31.1 Å². The SMILES string of the molecule is O=C(NCc1ccc2c(c1)OCCO2)C1CCN(C(=O)c2cccc3ccccc23)CC1. The summed E-state index contributed by atoms with van der Waals surface area (Å²) in [4.78, 5) is 27.7. The minimum Gasteiger partial charge on any atom is -0.486 e.